The van der Waals surface area contributed by atoms with Gasteiger partial charge < -0.3 is 10.4 Å². The van der Waals surface area contributed by atoms with Gasteiger partial charge in [-0.15, -0.1) is 0 Å². The van der Waals surface area contributed by atoms with Crippen LogP contribution in [-0.4, -0.2) is 28.1 Å². The fourth-order valence-corrected chi connectivity index (χ4v) is 2.69. The van der Waals surface area contributed by atoms with Crippen LogP contribution < -0.4 is 5.32 Å². The van der Waals surface area contributed by atoms with E-state index in [0.29, 0.717) is 12.8 Å². The first kappa shape index (κ1) is 14.7. The van der Waals surface area contributed by atoms with Gasteiger partial charge in [0, 0.05) is 12.6 Å². The van der Waals surface area contributed by atoms with Crippen molar-refractivity contribution in [1.29, 1.82) is 0 Å². The second kappa shape index (κ2) is 5.76. The molecule has 20 heavy (non-hydrogen) atoms. The maximum absolute atomic E-state index is 12.1. The highest BCUT2D eigenvalue weighted by atomic mass is 35.5. The molecule has 0 bridgehead atoms. The Hall–Kier alpha value is -1.66. The summed E-state index contributed by atoms with van der Waals surface area (Å²) in [6, 6.07) is 4.07. The van der Waals surface area contributed by atoms with E-state index < -0.39 is 16.4 Å². The molecule has 0 spiro atoms. The zero-order chi connectivity index (χ0) is 14.8. The van der Waals surface area contributed by atoms with Gasteiger partial charge in [-0.3, -0.25) is 14.9 Å². The largest absolute Gasteiger partial charge is 0.388 e. The molecule has 1 fully saturated rings. The van der Waals surface area contributed by atoms with Gasteiger partial charge in [0.15, 0.2) is 0 Å². The van der Waals surface area contributed by atoms with Crippen LogP contribution in [0.3, 0.4) is 0 Å². The molecule has 0 saturated heterocycles. The van der Waals surface area contributed by atoms with Gasteiger partial charge in [-0.25, -0.2) is 0 Å². The van der Waals surface area contributed by atoms with Crippen LogP contribution in [0.2, 0.25) is 5.02 Å². The SMILES string of the molecule is O=C(NCC1(O)CCCC1)c1c(Cl)cccc1[N+](=O)[O-]. The third-order valence-electron chi connectivity index (χ3n) is 3.53. The molecule has 1 aliphatic rings. The highest BCUT2D eigenvalue weighted by molar-refractivity contribution is 6.34. The van der Waals surface area contributed by atoms with Crippen LogP contribution in [0.1, 0.15) is 36.0 Å². The van der Waals surface area contributed by atoms with Gasteiger partial charge in [0.05, 0.1) is 15.5 Å². The summed E-state index contributed by atoms with van der Waals surface area (Å²) < 4.78 is 0. The number of nitro groups is 1. The average molecular weight is 299 g/mol. The van der Waals surface area contributed by atoms with E-state index in [4.69, 9.17) is 11.6 Å². The number of amides is 1. The van der Waals surface area contributed by atoms with Crippen LogP contribution in [0, 0.1) is 10.1 Å². The predicted molar refractivity (Wildman–Crippen MR) is 73.9 cm³/mol. The number of nitro benzene ring substituents is 1. The van der Waals surface area contributed by atoms with Crippen LogP contribution in [-0.2, 0) is 0 Å². The smallest absolute Gasteiger partial charge is 0.283 e. The Morgan fingerprint density at radius 1 is 1.45 bits per heavy atom. The number of hydrogen-bond acceptors (Lipinski definition) is 4. The standard InChI is InChI=1S/C13H15ClN2O4/c14-9-4-3-5-10(16(19)20)11(9)12(17)15-8-13(18)6-1-2-7-13/h3-5,18H,1-2,6-8H2,(H,15,17). The molecule has 1 amide bonds. The minimum absolute atomic E-state index is 0.0233. The van der Waals surface area contributed by atoms with Crippen molar-refractivity contribution >= 4 is 23.2 Å². The van der Waals surface area contributed by atoms with E-state index in [1.807, 2.05) is 0 Å². The molecule has 1 aliphatic carbocycles. The van der Waals surface area contributed by atoms with E-state index in [2.05, 4.69) is 5.32 Å². The van der Waals surface area contributed by atoms with Crippen molar-refractivity contribution in [2.45, 2.75) is 31.3 Å². The Morgan fingerprint density at radius 2 is 2.10 bits per heavy atom. The zero-order valence-corrected chi connectivity index (χ0v) is 11.5. The first-order valence-electron chi connectivity index (χ1n) is 6.36. The molecule has 2 rings (SSSR count). The van der Waals surface area contributed by atoms with Gasteiger partial charge in [0.25, 0.3) is 11.6 Å². The van der Waals surface area contributed by atoms with Gasteiger partial charge in [-0.2, -0.15) is 0 Å². The van der Waals surface area contributed by atoms with Crippen LogP contribution >= 0.6 is 11.6 Å². The molecule has 0 atom stereocenters. The molecule has 0 aliphatic heterocycles. The number of hydrogen-bond donors (Lipinski definition) is 2. The number of carbonyl (C=O) groups is 1. The molecule has 108 valence electrons. The Kier molecular flexibility index (Phi) is 4.25. The fourth-order valence-electron chi connectivity index (χ4n) is 2.43. The molecule has 2 N–H and O–H groups in total. The van der Waals surface area contributed by atoms with Crippen molar-refractivity contribution in [3.63, 3.8) is 0 Å². The number of nitrogens with one attached hydrogen (secondary N) is 1. The summed E-state index contributed by atoms with van der Waals surface area (Å²) in [5.74, 6) is -0.636. The maximum atomic E-state index is 12.1. The number of benzene rings is 1. The first-order chi connectivity index (χ1) is 9.43. The monoisotopic (exact) mass is 298 g/mol. The number of rotatable bonds is 4. The van der Waals surface area contributed by atoms with Crippen molar-refractivity contribution in [3.05, 3.63) is 38.9 Å². The lowest BCUT2D eigenvalue weighted by atomic mass is 10.0. The van der Waals surface area contributed by atoms with Gasteiger partial charge in [0.2, 0.25) is 0 Å². The second-order valence-corrected chi connectivity index (χ2v) is 5.41. The molecule has 7 heteroatoms. The van der Waals surface area contributed by atoms with Gasteiger partial charge in [-0.1, -0.05) is 30.5 Å². The topological polar surface area (TPSA) is 92.5 Å². The van der Waals surface area contributed by atoms with E-state index in [9.17, 15) is 20.0 Å². The molecule has 1 aromatic carbocycles. The molecular weight excluding hydrogens is 284 g/mol. The second-order valence-electron chi connectivity index (χ2n) is 5.01. The average Bonchev–Trinajstić information content (AvgIpc) is 2.83. The summed E-state index contributed by atoms with van der Waals surface area (Å²) >= 11 is 5.87. The summed E-state index contributed by atoms with van der Waals surface area (Å²) in [7, 11) is 0. The summed E-state index contributed by atoms with van der Waals surface area (Å²) in [6.07, 6.45) is 3.08. The summed E-state index contributed by atoms with van der Waals surface area (Å²) in [5, 5.41) is 23.6. The minimum atomic E-state index is -0.911. The minimum Gasteiger partial charge on any atom is -0.388 e. The Morgan fingerprint density at radius 3 is 2.70 bits per heavy atom. The van der Waals surface area contributed by atoms with E-state index in [1.165, 1.54) is 18.2 Å². The van der Waals surface area contributed by atoms with Crippen molar-refractivity contribution in [2.75, 3.05) is 6.54 Å². The molecule has 1 saturated carbocycles. The third-order valence-corrected chi connectivity index (χ3v) is 3.84. The number of aliphatic hydroxyl groups is 1. The Balaban J connectivity index is 2.15. The van der Waals surface area contributed by atoms with E-state index in [-0.39, 0.29) is 22.8 Å². The summed E-state index contributed by atoms with van der Waals surface area (Å²) in [4.78, 5) is 22.4. The lowest BCUT2D eigenvalue weighted by molar-refractivity contribution is -0.385. The number of nitrogens with zero attached hydrogens (tertiary/aromatic N) is 1. The fraction of sp³-hybridized carbons (Fsp3) is 0.462. The van der Waals surface area contributed by atoms with Crippen molar-refractivity contribution in [2.24, 2.45) is 0 Å². The van der Waals surface area contributed by atoms with E-state index >= 15 is 0 Å². The van der Waals surface area contributed by atoms with Crippen molar-refractivity contribution < 1.29 is 14.8 Å². The summed E-state index contributed by atoms with van der Waals surface area (Å²) in [6.45, 7) is 0.0776. The van der Waals surface area contributed by atoms with Crippen LogP contribution in [0.5, 0.6) is 0 Å². The van der Waals surface area contributed by atoms with Gasteiger partial charge in [-0.05, 0) is 18.9 Å². The quantitative estimate of drug-likeness (QED) is 0.659. The van der Waals surface area contributed by atoms with Crippen LogP contribution in [0.4, 0.5) is 5.69 Å². The van der Waals surface area contributed by atoms with E-state index in [1.54, 1.807) is 0 Å². The Labute approximate surface area is 120 Å². The van der Waals surface area contributed by atoms with Crippen LogP contribution in [0.25, 0.3) is 0 Å². The van der Waals surface area contributed by atoms with Crippen LogP contribution in [0.15, 0.2) is 18.2 Å². The molecule has 0 aromatic heterocycles. The Bertz CT molecular complexity index is 541. The molecule has 0 radical (unpaired) electrons. The lowest BCUT2D eigenvalue weighted by Gasteiger charge is -2.22. The number of halogens is 1. The highest BCUT2D eigenvalue weighted by Crippen LogP contribution is 2.29. The lowest BCUT2D eigenvalue weighted by Crippen LogP contribution is -2.41. The molecular formula is C13H15ClN2O4. The normalized spacial score (nSPS) is 16.9. The summed E-state index contributed by atoms with van der Waals surface area (Å²) in [5.41, 5.74) is -1.42. The molecule has 1 aromatic rings. The predicted octanol–water partition coefficient (Wildman–Crippen LogP) is 2.28. The third kappa shape index (κ3) is 3.08. The zero-order valence-electron chi connectivity index (χ0n) is 10.8. The maximum Gasteiger partial charge on any atom is 0.283 e. The van der Waals surface area contributed by atoms with Crippen molar-refractivity contribution in [3.8, 4) is 0 Å². The highest BCUT2D eigenvalue weighted by Gasteiger charge is 2.32. The molecule has 6 nitrogen and oxygen atoms in total. The van der Waals surface area contributed by atoms with E-state index in [0.717, 1.165) is 12.8 Å². The van der Waals surface area contributed by atoms with Gasteiger partial charge >= 0.3 is 0 Å². The first-order valence-corrected chi connectivity index (χ1v) is 6.74. The molecule has 0 unspecified atom stereocenters. The molecule has 0 heterocycles. The number of carbonyl (C=O) groups excluding carboxylic acids is 1. The van der Waals surface area contributed by atoms with Crippen molar-refractivity contribution in [1.82, 2.24) is 5.32 Å². The van der Waals surface area contributed by atoms with Gasteiger partial charge in [0.1, 0.15) is 5.56 Å².